The average Bonchev–Trinajstić information content (AvgIpc) is 2.74. The maximum atomic E-state index is 12.2. The summed E-state index contributed by atoms with van der Waals surface area (Å²) in [4.78, 5) is 13.4. The van der Waals surface area contributed by atoms with E-state index in [1.807, 2.05) is 39.0 Å². The van der Waals surface area contributed by atoms with Crippen molar-refractivity contribution in [2.24, 2.45) is 10.9 Å². The van der Waals surface area contributed by atoms with Crippen molar-refractivity contribution in [3.8, 4) is 0 Å². The minimum absolute atomic E-state index is 0.127. The number of nitrogens with zero attached hydrogens (tertiary/aromatic N) is 1. The lowest BCUT2D eigenvalue weighted by Gasteiger charge is -2.06. The van der Waals surface area contributed by atoms with Gasteiger partial charge in [0.1, 0.15) is 5.00 Å². The largest absolute Gasteiger partial charge is 0.323 e. The molecule has 2 rings (SSSR count). The predicted molar refractivity (Wildman–Crippen MR) is 84.6 cm³/mol. The molecule has 1 heterocycles. The van der Waals surface area contributed by atoms with Gasteiger partial charge in [0.25, 0.3) is 5.91 Å². The van der Waals surface area contributed by atoms with Gasteiger partial charge in [0.05, 0.1) is 5.71 Å². The number of amides is 1. The molecule has 1 aromatic carbocycles. The number of carbonyl (C=O) groups excluding carboxylic acids is 1. The molecule has 0 spiro atoms. The van der Waals surface area contributed by atoms with E-state index in [1.165, 1.54) is 11.3 Å². The summed E-state index contributed by atoms with van der Waals surface area (Å²) < 4.78 is 0. The fourth-order valence-corrected chi connectivity index (χ4v) is 3.09. The topological polar surface area (TPSA) is 67.5 Å². The predicted octanol–water partition coefficient (Wildman–Crippen LogP) is 3.30. The zero-order valence-corrected chi connectivity index (χ0v) is 12.5. The average molecular weight is 287 g/mol. The number of nitrogens with two attached hydrogens (primary N) is 1. The molecule has 0 saturated carbocycles. The first-order valence-electron chi connectivity index (χ1n) is 6.25. The molecule has 4 nitrogen and oxygen atoms in total. The van der Waals surface area contributed by atoms with Gasteiger partial charge in [-0.05, 0) is 38.5 Å². The number of aryl methyl sites for hydroxylation is 1. The van der Waals surface area contributed by atoms with Crippen molar-refractivity contribution in [2.45, 2.75) is 20.8 Å². The van der Waals surface area contributed by atoms with E-state index in [9.17, 15) is 4.79 Å². The van der Waals surface area contributed by atoms with E-state index in [4.69, 9.17) is 5.84 Å². The highest BCUT2D eigenvalue weighted by molar-refractivity contribution is 7.16. The molecule has 5 heteroatoms. The first kappa shape index (κ1) is 14.3. The van der Waals surface area contributed by atoms with Gasteiger partial charge in [-0.15, -0.1) is 11.3 Å². The van der Waals surface area contributed by atoms with E-state index in [1.54, 1.807) is 12.1 Å². The number of rotatable bonds is 3. The maximum absolute atomic E-state index is 12.2. The van der Waals surface area contributed by atoms with Gasteiger partial charge in [0.2, 0.25) is 0 Å². The Hall–Kier alpha value is -2.14. The van der Waals surface area contributed by atoms with E-state index in [0.29, 0.717) is 5.56 Å². The molecule has 3 N–H and O–H groups in total. The van der Waals surface area contributed by atoms with Gasteiger partial charge in [0.15, 0.2) is 0 Å². The quantitative estimate of drug-likeness (QED) is 0.516. The lowest BCUT2D eigenvalue weighted by atomic mass is 10.1. The molecule has 0 aliphatic heterocycles. The number of nitrogens with one attached hydrogen (secondary N) is 1. The molecule has 2 aromatic rings. The molecule has 0 unspecified atom stereocenters. The molecule has 0 aliphatic rings. The highest BCUT2D eigenvalue weighted by Gasteiger charge is 2.17. The zero-order valence-electron chi connectivity index (χ0n) is 11.7. The van der Waals surface area contributed by atoms with Gasteiger partial charge in [-0.1, -0.05) is 18.2 Å². The Morgan fingerprint density at radius 3 is 2.50 bits per heavy atom. The first-order chi connectivity index (χ1) is 9.54. The normalized spacial score (nSPS) is 11.4. The number of carbonyl (C=O) groups is 1. The summed E-state index contributed by atoms with van der Waals surface area (Å²) in [5.41, 5.74) is 3.36. The number of benzene rings is 1. The van der Waals surface area contributed by atoms with Crippen LogP contribution in [0.3, 0.4) is 0 Å². The molecule has 1 aromatic heterocycles. The van der Waals surface area contributed by atoms with Gasteiger partial charge >= 0.3 is 0 Å². The van der Waals surface area contributed by atoms with Crippen LogP contribution in [0.4, 0.5) is 5.00 Å². The molecular formula is C15H17N3OS. The Bertz CT molecular complexity index is 659. The van der Waals surface area contributed by atoms with Crippen LogP contribution in [0.25, 0.3) is 0 Å². The highest BCUT2D eigenvalue weighted by Crippen LogP contribution is 2.33. The van der Waals surface area contributed by atoms with Crippen molar-refractivity contribution in [3.63, 3.8) is 0 Å². The van der Waals surface area contributed by atoms with Crippen LogP contribution in [0, 0.1) is 13.8 Å². The van der Waals surface area contributed by atoms with Gasteiger partial charge in [-0.25, -0.2) is 0 Å². The second-order valence-electron chi connectivity index (χ2n) is 4.52. The molecule has 0 radical (unpaired) electrons. The summed E-state index contributed by atoms with van der Waals surface area (Å²) in [6.07, 6.45) is 0. The number of anilines is 1. The monoisotopic (exact) mass is 287 g/mol. The summed E-state index contributed by atoms with van der Waals surface area (Å²) in [5, 5.41) is 7.48. The van der Waals surface area contributed by atoms with E-state index < -0.39 is 0 Å². The molecule has 20 heavy (non-hydrogen) atoms. The molecule has 104 valence electrons. The van der Waals surface area contributed by atoms with Crippen LogP contribution in [0.2, 0.25) is 0 Å². The summed E-state index contributed by atoms with van der Waals surface area (Å²) in [6, 6.07) is 9.13. The molecule has 0 atom stereocenters. The maximum Gasteiger partial charge on any atom is 0.256 e. The summed E-state index contributed by atoms with van der Waals surface area (Å²) in [5.74, 6) is 5.25. The van der Waals surface area contributed by atoms with Gasteiger partial charge in [-0.3, -0.25) is 4.79 Å². The van der Waals surface area contributed by atoms with Crippen LogP contribution in [-0.4, -0.2) is 11.6 Å². The SMILES string of the molecule is C/C(=N/N)c1c(NC(=O)c2ccccc2)sc(C)c1C. The third kappa shape index (κ3) is 2.72. The molecule has 0 aliphatic carbocycles. The van der Waals surface area contributed by atoms with Crippen molar-refractivity contribution in [3.05, 3.63) is 51.9 Å². The van der Waals surface area contributed by atoms with Gasteiger partial charge < -0.3 is 11.2 Å². The van der Waals surface area contributed by atoms with Crippen LogP contribution < -0.4 is 11.2 Å². The van der Waals surface area contributed by atoms with Gasteiger partial charge in [0, 0.05) is 16.0 Å². The van der Waals surface area contributed by atoms with Crippen molar-refractivity contribution in [1.29, 1.82) is 0 Å². The number of hydrogen-bond acceptors (Lipinski definition) is 4. The summed E-state index contributed by atoms with van der Waals surface area (Å²) in [7, 11) is 0. The standard InChI is InChI=1S/C15H17N3OS/c1-9-11(3)20-15(13(9)10(2)18-16)17-14(19)12-7-5-4-6-8-12/h4-8H,16H2,1-3H3,(H,17,19)/b18-10-. The summed E-state index contributed by atoms with van der Waals surface area (Å²) in [6.45, 7) is 5.87. The Morgan fingerprint density at radius 2 is 1.90 bits per heavy atom. The minimum Gasteiger partial charge on any atom is -0.323 e. The first-order valence-corrected chi connectivity index (χ1v) is 7.07. The smallest absolute Gasteiger partial charge is 0.256 e. The van der Waals surface area contributed by atoms with E-state index in [0.717, 1.165) is 26.7 Å². The molecular weight excluding hydrogens is 270 g/mol. The Balaban J connectivity index is 2.35. The molecule has 0 bridgehead atoms. The second-order valence-corrected chi connectivity index (χ2v) is 5.75. The minimum atomic E-state index is -0.127. The van der Waals surface area contributed by atoms with Crippen molar-refractivity contribution in [1.82, 2.24) is 0 Å². The third-order valence-corrected chi connectivity index (χ3v) is 4.33. The van der Waals surface area contributed by atoms with Crippen LogP contribution in [0.5, 0.6) is 0 Å². The molecule has 1 amide bonds. The summed E-state index contributed by atoms with van der Waals surface area (Å²) >= 11 is 1.54. The van der Waals surface area contributed by atoms with Crippen LogP contribution in [0.15, 0.2) is 35.4 Å². The lowest BCUT2D eigenvalue weighted by Crippen LogP contribution is -2.13. The van der Waals surface area contributed by atoms with Crippen LogP contribution >= 0.6 is 11.3 Å². The van der Waals surface area contributed by atoms with E-state index in [-0.39, 0.29) is 5.91 Å². The number of hydrogen-bond donors (Lipinski definition) is 2. The molecule has 0 saturated heterocycles. The van der Waals surface area contributed by atoms with Gasteiger partial charge in [-0.2, -0.15) is 5.10 Å². The lowest BCUT2D eigenvalue weighted by molar-refractivity contribution is 0.102. The zero-order chi connectivity index (χ0) is 14.7. The van der Waals surface area contributed by atoms with Crippen molar-refractivity contribution in [2.75, 3.05) is 5.32 Å². The highest BCUT2D eigenvalue weighted by atomic mass is 32.1. The molecule has 0 fully saturated rings. The van der Waals surface area contributed by atoms with Crippen LogP contribution in [-0.2, 0) is 0 Å². The fourth-order valence-electron chi connectivity index (χ4n) is 1.98. The van der Waals surface area contributed by atoms with E-state index in [2.05, 4.69) is 10.4 Å². The Kier molecular flexibility index (Phi) is 4.20. The number of thiophene rings is 1. The van der Waals surface area contributed by atoms with E-state index >= 15 is 0 Å². The Labute approximate surface area is 122 Å². The number of hydrazone groups is 1. The van der Waals surface area contributed by atoms with Crippen molar-refractivity contribution < 1.29 is 4.79 Å². The third-order valence-electron chi connectivity index (χ3n) is 3.20. The second kappa shape index (κ2) is 5.88. The Morgan fingerprint density at radius 1 is 1.25 bits per heavy atom. The van der Waals surface area contributed by atoms with Crippen molar-refractivity contribution >= 4 is 28.0 Å². The van der Waals surface area contributed by atoms with Crippen LogP contribution in [0.1, 0.15) is 33.3 Å². The fraction of sp³-hybridized carbons (Fsp3) is 0.200.